The Labute approximate surface area is 106 Å². The Morgan fingerprint density at radius 1 is 1.50 bits per heavy atom. The summed E-state index contributed by atoms with van der Waals surface area (Å²) in [5.74, 6) is 0. The van der Waals surface area contributed by atoms with Crippen molar-refractivity contribution in [3.63, 3.8) is 0 Å². The van der Waals surface area contributed by atoms with Crippen molar-refractivity contribution in [3.05, 3.63) is 21.3 Å². The Morgan fingerprint density at radius 3 is 2.94 bits per heavy atom. The van der Waals surface area contributed by atoms with Gasteiger partial charge in [-0.1, -0.05) is 11.6 Å². The maximum Gasteiger partial charge on any atom is 0.0931 e. The Hall–Kier alpha value is -0.130. The van der Waals surface area contributed by atoms with Crippen molar-refractivity contribution in [2.24, 2.45) is 0 Å². The van der Waals surface area contributed by atoms with Crippen LogP contribution in [0.15, 0.2) is 12.1 Å². The summed E-state index contributed by atoms with van der Waals surface area (Å²) in [5.41, 5.74) is 0. The fraction of sp³-hybridized carbons (Fsp3) is 0.636. The van der Waals surface area contributed by atoms with Crippen molar-refractivity contribution < 1.29 is 4.74 Å². The molecule has 0 aliphatic carbocycles. The molecule has 0 aromatic carbocycles. The van der Waals surface area contributed by atoms with Gasteiger partial charge in [0.2, 0.25) is 0 Å². The first kappa shape index (κ1) is 13.9. The van der Waals surface area contributed by atoms with Crippen LogP contribution in [0, 0.1) is 0 Å². The summed E-state index contributed by atoms with van der Waals surface area (Å²) in [7, 11) is 1.71. The average Bonchev–Trinajstić information content (AvgIpc) is 2.68. The number of ether oxygens (including phenoxy) is 1. The molecule has 1 rings (SSSR count). The molecule has 1 aromatic rings. The molecule has 3 nitrogen and oxygen atoms in total. The van der Waals surface area contributed by atoms with Crippen molar-refractivity contribution in [1.82, 2.24) is 10.6 Å². The van der Waals surface area contributed by atoms with E-state index in [1.165, 1.54) is 4.88 Å². The lowest BCUT2D eigenvalue weighted by atomic mass is 10.3. The molecule has 1 heterocycles. The molecule has 5 heteroatoms. The summed E-state index contributed by atoms with van der Waals surface area (Å²) in [6, 6.07) is 4.44. The van der Waals surface area contributed by atoms with E-state index < -0.39 is 0 Å². The van der Waals surface area contributed by atoms with Gasteiger partial charge in [0.25, 0.3) is 0 Å². The Morgan fingerprint density at radius 2 is 2.31 bits per heavy atom. The summed E-state index contributed by atoms with van der Waals surface area (Å²) in [5, 5.41) is 6.75. The van der Waals surface area contributed by atoms with Crippen LogP contribution in [0.3, 0.4) is 0 Å². The number of hydrogen-bond donors (Lipinski definition) is 2. The maximum absolute atomic E-state index is 5.86. The molecule has 1 atom stereocenters. The third-order valence-electron chi connectivity index (χ3n) is 2.19. The summed E-state index contributed by atoms with van der Waals surface area (Å²) >= 11 is 7.48. The molecule has 16 heavy (non-hydrogen) atoms. The molecule has 0 aliphatic rings. The van der Waals surface area contributed by atoms with Crippen LogP contribution in [0.2, 0.25) is 4.34 Å². The highest BCUT2D eigenvalue weighted by Crippen LogP contribution is 2.20. The first-order chi connectivity index (χ1) is 7.72. The lowest BCUT2D eigenvalue weighted by Gasteiger charge is -2.13. The van der Waals surface area contributed by atoms with E-state index in [0.29, 0.717) is 6.04 Å². The minimum atomic E-state index is 0.442. The van der Waals surface area contributed by atoms with E-state index in [4.69, 9.17) is 16.3 Å². The molecule has 1 unspecified atom stereocenters. The predicted octanol–water partition coefficient (Wildman–Crippen LogP) is 2.12. The molecule has 2 N–H and O–H groups in total. The van der Waals surface area contributed by atoms with Gasteiger partial charge in [-0.25, -0.2) is 0 Å². The lowest BCUT2D eigenvalue weighted by Crippen LogP contribution is -2.36. The third-order valence-corrected chi connectivity index (χ3v) is 3.42. The molecule has 0 amide bonds. The smallest absolute Gasteiger partial charge is 0.0931 e. The van der Waals surface area contributed by atoms with Gasteiger partial charge in [-0.15, -0.1) is 11.3 Å². The van der Waals surface area contributed by atoms with Crippen molar-refractivity contribution in [1.29, 1.82) is 0 Å². The molecule has 0 saturated carbocycles. The van der Waals surface area contributed by atoms with Gasteiger partial charge in [0.15, 0.2) is 0 Å². The van der Waals surface area contributed by atoms with Crippen LogP contribution >= 0.6 is 22.9 Å². The topological polar surface area (TPSA) is 33.3 Å². The van der Waals surface area contributed by atoms with Crippen LogP contribution in [0.25, 0.3) is 0 Å². The molecule has 0 bridgehead atoms. The van der Waals surface area contributed by atoms with E-state index >= 15 is 0 Å². The minimum absolute atomic E-state index is 0.442. The van der Waals surface area contributed by atoms with E-state index in [-0.39, 0.29) is 0 Å². The number of hydrogen-bond acceptors (Lipinski definition) is 4. The summed E-state index contributed by atoms with van der Waals surface area (Å²) < 4.78 is 5.81. The van der Waals surface area contributed by atoms with Gasteiger partial charge in [0, 0.05) is 37.7 Å². The van der Waals surface area contributed by atoms with Gasteiger partial charge in [0.1, 0.15) is 0 Å². The van der Waals surface area contributed by atoms with Crippen molar-refractivity contribution in [2.45, 2.75) is 19.5 Å². The molecule has 0 saturated heterocycles. The number of rotatable bonds is 8. The molecule has 92 valence electrons. The SMILES string of the molecule is COCCNCC(C)NCc1ccc(Cl)s1. The maximum atomic E-state index is 5.86. The van der Waals surface area contributed by atoms with Gasteiger partial charge in [0.05, 0.1) is 10.9 Å². The van der Waals surface area contributed by atoms with Crippen LogP contribution in [-0.2, 0) is 11.3 Å². The second-order valence-corrected chi connectivity index (χ2v) is 5.48. The average molecular weight is 263 g/mol. The second kappa shape index (κ2) is 8.03. The van der Waals surface area contributed by atoms with E-state index in [2.05, 4.69) is 23.6 Å². The first-order valence-electron chi connectivity index (χ1n) is 5.39. The second-order valence-electron chi connectivity index (χ2n) is 3.68. The molecule has 0 fully saturated rings. The van der Waals surface area contributed by atoms with Crippen LogP contribution in [0.1, 0.15) is 11.8 Å². The highest BCUT2D eigenvalue weighted by atomic mass is 35.5. The fourth-order valence-electron chi connectivity index (χ4n) is 1.29. The Kier molecular flexibility index (Phi) is 7.00. The first-order valence-corrected chi connectivity index (χ1v) is 6.59. The lowest BCUT2D eigenvalue weighted by molar-refractivity contribution is 0.198. The normalized spacial score (nSPS) is 12.9. The molecule has 0 spiro atoms. The summed E-state index contributed by atoms with van der Waals surface area (Å²) in [6.45, 7) is 5.64. The predicted molar refractivity (Wildman–Crippen MR) is 70.4 cm³/mol. The standard InChI is InChI=1S/C11H19ClN2OS/c1-9(7-13-5-6-15-2)14-8-10-3-4-11(12)16-10/h3-4,9,13-14H,5-8H2,1-2H3. The van der Waals surface area contributed by atoms with Gasteiger partial charge in [-0.3, -0.25) is 0 Å². The molecule has 0 radical (unpaired) electrons. The third kappa shape index (κ3) is 5.82. The quantitative estimate of drug-likeness (QED) is 0.704. The van der Waals surface area contributed by atoms with Gasteiger partial charge in [-0.2, -0.15) is 0 Å². The van der Waals surface area contributed by atoms with Crippen molar-refractivity contribution >= 4 is 22.9 Å². The van der Waals surface area contributed by atoms with Gasteiger partial charge >= 0.3 is 0 Å². The zero-order valence-electron chi connectivity index (χ0n) is 9.75. The van der Waals surface area contributed by atoms with E-state index in [1.807, 2.05) is 6.07 Å². The summed E-state index contributed by atoms with van der Waals surface area (Å²) in [6.07, 6.45) is 0. The van der Waals surface area contributed by atoms with E-state index in [9.17, 15) is 0 Å². The highest BCUT2D eigenvalue weighted by Gasteiger charge is 2.02. The molecule has 1 aromatic heterocycles. The molecule has 0 aliphatic heterocycles. The monoisotopic (exact) mass is 262 g/mol. The van der Waals surface area contributed by atoms with Gasteiger partial charge in [-0.05, 0) is 19.1 Å². The molecular formula is C11H19ClN2OS. The van der Waals surface area contributed by atoms with E-state index in [0.717, 1.165) is 30.6 Å². The number of methoxy groups -OCH3 is 1. The fourth-order valence-corrected chi connectivity index (χ4v) is 2.32. The largest absolute Gasteiger partial charge is 0.383 e. The van der Waals surface area contributed by atoms with Crippen molar-refractivity contribution in [2.75, 3.05) is 26.8 Å². The molecular weight excluding hydrogens is 244 g/mol. The van der Waals surface area contributed by atoms with Crippen molar-refractivity contribution in [3.8, 4) is 0 Å². The van der Waals surface area contributed by atoms with Crippen LogP contribution < -0.4 is 10.6 Å². The highest BCUT2D eigenvalue weighted by molar-refractivity contribution is 7.16. The minimum Gasteiger partial charge on any atom is -0.383 e. The number of nitrogens with one attached hydrogen (secondary N) is 2. The zero-order chi connectivity index (χ0) is 11.8. The number of halogens is 1. The van der Waals surface area contributed by atoms with Gasteiger partial charge < -0.3 is 15.4 Å². The van der Waals surface area contributed by atoms with Crippen LogP contribution in [0.5, 0.6) is 0 Å². The van der Waals surface area contributed by atoms with Crippen LogP contribution in [0.4, 0.5) is 0 Å². The van der Waals surface area contributed by atoms with Crippen LogP contribution in [-0.4, -0.2) is 32.8 Å². The Bertz CT molecular complexity index is 293. The van der Waals surface area contributed by atoms with E-state index in [1.54, 1.807) is 18.4 Å². The summed E-state index contributed by atoms with van der Waals surface area (Å²) in [4.78, 5) is 1.27. The Balaban J connectivity index is 2.08. The zero-order valence-corrected chi connectivity index (χ0v) is 11.3. The number of thiophene rings is 1.